The van der Waals surface area contributed by atoms with Crippen molar-refractivity contribution < 1.29 is 8.42 Å². The number of rotatable bonds is 2. The van der Waals surface area contributed by atoms with Crippen LogP contribution in [0.4, 0.5) is 0 Å². The first-order valence-electron chi connectivity index (χ1n) is 6.83. The monoisotopic (exact) mass is 363 g/mol. The van der Waals surface area contributed by atoms with Crippen LogP contribution in [-0.4, -0.2) is 25.8 Å². The first kappa shape index (κ1) is 14.0. The van der Waals surface area contributed by atoms with Gasteiger partial charge in [0.05, 0.1) is 3.79 Å². The van der Waals surface area contributed by atoms with Crippen molar-refractivity contribution in [3.8, 4) is 0 Å². The zero-order chi connectivity index (χ0) is 13.5. The number of thiophene rings is 1. The van der Waals surface area contributed by atoms with E-state index in [2.05, 4.69) is 15.9 Å². The maximum absolute atomic E-state index is 12.6. The van der Waals surface area contributed by atoms with E-state index >= 15 is 0 Å². The molecule has 0 amide bonds. The highest BCUT2D eigenvalue weighted by molar-refractivity contribution is 9.11. The number of nitrogens with zero attached hydrogens (tertiary/aromatic N) is 1. The van der Waals surface area contributed by atoms with Gasteiger partial charge < -0.3 is 0 Å². The third kappa shape index (κ3) is 2.77. The average molecular weight is 364 g/mol. The standard InChI is InChI=1S/C13H18BrNO2S2/c14-12-5-6-13(18-12)19(16,17)15-8-7-10-3-1-2-4-11(10)9-15/h5-6,10-11H,1-4,7-9H2/t10-,11+/m0/s1. The topological polar surface area (TPSA) is 37.4 Å². The fourth-order valence-corrected chi connectivity index (χ4v) is 7.03. The van der Waals surface area contributed by atoms with Gasteiger partial charge in [0.25, 0.3) is 10.0 Å². The van der Waals surface area contributed by atoms with Gasteiger partial charge in [-0.2, -0.15) is 4.31 Å². The summed E-state index contributed by atoms with van der Waals surface area (Å²) in [5.74, 6) is 1.34. The van der Waals surface area contributed by atoms with E-state index < -0.39 is 10.0 Å². The SMILES string of the molecule is O=S(=O)(c1ccc(Br)s1)N1CC[C@@H]2CCCC[C@@H]2C1. The molecule has 19 heavy (non-hydrogen) atoms. The Labute approximate surface area is 127 Å². The Hall–Kier alpha value is 0.0900. The molecule has 0 bridgehead atoms. The lowest BCUT2D eigenvalue weighted by Crippen LogP contribution is -2.44. The Morgan fingerprint density at radius 3 is 2.58 bits per heavy atom. The first-order valence-corrected chi connectivity index (χ1v) is 9.88. The van der Waals surface area contributed by atoms with Gasteiger partial charge in [0.1, 0.15) is 4.21 Å². The smallest absolute Gasteiger partial charge is 0.206 e. The maximum atomic E-state index is 12.6. The summed E-state index contributed by atoms with van der Waals surface area (Å²) in [4.78, 5) is 0. The van der Waals surface area contributed by atoms with E-state index in [0.717, 1.165) is 22.7 Å². The Morgan fingerprint density at radius 1 is 1.16 bits per heavy atom. The molecule has 1 aromatic heterocycles. The molecule has 0 aromatic carbocycles. The van der Waals surface area contributed by atoms with E-state index in [0.29, 0.717) is 16.7 Å². The second-order valence-corrected chi connectivity index (χ2v) is 10.1. The van der Waals surface area contributed by atoms with E-state index in [4.69, 9.17) is 0 Å². The van der Waals surface area contributed by atoms with Gasteiger partial charge >= 0.3 is 0 Å². The normalized spacial score (nSPS) is 29.1. The van der Waals surface area contributed by atoms with Gasteiger partial charge in [-0.1, -0.05) is 19.3 Å². The van der Waals surface area contributed by atoms with Gasteiger partial charge in [-0.15, -0.1) is 11.3 Å². The Kier molecular flexibility index (Phi) is 4.04. The summed E-state index contributed by atoms with van der Waals surface area (Å²) >= 11 is 4.64. The molecule has 0 N–H and O–H groups in total. The first-order chi connectivity index (χ1) is 9.07. The fraction of sp³-hybridized carbons (Fsp3) is 0.692. The third-order valence-electron chi connectivity index (χ3n) is 4.40. The quantitative estimate of drug-likeness (QED) is 0.802. The molecule has 3 rings (SSSR count). The summed E-state index contributed by atoms with van der Waals surface area (Å²) in [6.45, 7) is 1.42. The van der Waals surface area contributed by atoms with Crippen LogP contribution in [0.15, 0.2) is 20.1 Å². The molecule has 0 radical (unpaired) electrons. The van der Waals surface area contributed by atoms with Crippen LogP contribution >= 0.6 is 27.3 Å². The van der Waals surface area contributed by atoms with E-state index in [9.17, 15) is 8.42 Å². The lowest BCUT2D eigenvalue weighted by atomic mass is 9.76. The predicted octanol–water partition coefficient (Wildman–Crippen LogP) is 3.71. The Bertz CT molecular complexity index is 555. The van der Waals surface area contributed by atoms with E-state index in [1.807, 2.05) is 6.07 Å². The van der Waals surface area contributed by atoms with Crippen molar-refractivity contribution in [1.29, 1.82) is 0 Å². The molecule has 1 aliphatic heterocycles. The number of fused-ring (bicyclic) bond motifs is 1. The molecule has 0 spiro atoms. The van der Waals surface area contributed by atoms with Gasteiger partial charge in [-0.25, -0.2) is 8.42 Å². The van der Waals surface area contributed by atoms with Crippen LogP contribution in [0.25, 0.3) is 0 Å². The minimum Gasteiger partial charge on any atom is -0.206 e. The molecule has 2 aliphatic rings. The van der Waals surface area contributed by atoms with Crippen molar-refractivity contribution in [2.45, 2.75) is 36.3 Å². The average Bonchev–Trinajstić information content (AvgIpc) is 2.85. The highest BCUT2D eigenvalue weighted by atomic mass is 79.9. The van der Waals surface area contributed by atoms with Crippen molar-refractivity contribution in [2.24, 2.45) is 11.8 Å². The molecular weight excluding hydrogens is 346 g/mol. The van der Waals surface area contributed by atoms with Crippen LogP contribution in [-0.2, 0) is 10.0 Å². The summed E-state index contributed by atoms with van der Waals surface area (Å²) in [5, 5.41) is 0. The third-order valence-corrected chi connectivity index (χ3v) is 8.35. The second-order valence-electron chi connectivity index (χ2n) is 5.51. The van der Waals surface area contributed by atoms with Crippen molar-refractivity contribution in [3.05, 3.63) is 15.9 Å². The molecule has 1 saturated heterocycles. The van der Waals surface area contributed by atoms with Gasteiger partial charge in [0, 0.05) is 13.1 Å². The highest BCUT2D eigenvalue weighted by Gasteiger charge is 2.36. The van der Waals surface area contributed by atoms with Crippen molar-refractivity contribution in [2.75, 3.05) is 13.1 Å². The van der Waals surface area contributed by atoms with Crippen LogP contribution in [0.3, 0.4) is 0 Å². The van der Waals surface area contributed by atoms with Gasteiger partial charge in [0.15, 0.2) is 0 Å². The van der Waals surface area contributed by atoms with E-state index in [1.165, 1.54) is 37.0 Å². The molecule has 1 saturated carbocycles. The molecule has 3 nitrogen and oxygen atoms in total. The van der Waals surface area contributed by atoms with Crippen molar-refractivity contribution in [3.63, 3.8) is 0 Å². The van der Waals surface area contributed by atoms with Crippen LogP contribution in [0, 0.1) is 11.8 Å². The maximum Gasteiger partial charge on any atom is 0.252 e. The minimum absolute atomic E-state index is 0.466. The lowest BCUT2D eigenvalue weighted by Gasteiger charge is -2.40. The van der Waals surface area contributed by atoms with Gasteiger partial charge in [0.2, 0.25) is 0 Å². The molecule has 1 aromatic rings. The summed E-state index contributed by atoms with van der Waals surface area (Å²) < 4.78 is 28.2. The zero-order valence-electron chi connectivity index (χ0n) is 10.7. The summed E-state index contributed by atoms with van der Waals surface area (Å²) in [7, 11) is -3.27. The molecule has 0 unspecified atom stereocenters. The predicted molar refractivity (Wildman–Crippen MR) is 80.8 cm³/mol. The summed E-state index contributed by atoms with van der Waals surface area (Å²) in [6.07, 6.45) is 6.12. The number of halogens is 1. The molecule has 106 valence electrons. The van der Waals surface area contributed by atoms with Crippen LogP contribution < -0.4 is 0 Å². The van der Waals surface area contributed by atoms with Crippen molar-refractivity contribution in [1.82, 2.24) is 4.31 Å². The van der Waals surface area contributed by atoms with Crippen LogP contribution in [0.5, 0.6) is 0 Å². The molecule has 2 atom stereocenters. The largest absolute Gasteiger partial charge is 0.252 e. The number of hydrogen-bond acceptors (Lipinski definition) is 3. The molecular formula is C13H18BrNO2S2. The number of sulfonamides is 1. The summed E-state index contributed by atoms with van der Waals surface area (Å²) in [6, 6.07) is 3.52. The van der Waals surface area contributed by atoms with E-state index in [1.54, 1.807) is 10.4 Å². The highest BCUT2D eigenvalue weighted by Crippen LogP contribution is 2.38. The Balaban J connectivity index is 1.79. The minimum atomic E-state index is -3.27. The zero-order valence-corrected chi connectivity index (χ0v) is 13.9. The van der Waals surface area contributed by atoms with Crippen LogP contribution in [0.1, 0.15) is 32.1 Å². The van der Waals surface area contributed by atoms with Gasteiger partial charge in [-0.3, -0.25) is 0 Å². The van der Waals surface area contributed by atoms with Gasteiger partial charge in [-0.05, 0) is 52.7 Å². The molecule has 2 heterocycles. The molecule has 6 heteroatoms. The van der Waals surface area contributed by atoms with E-state index in [-0.39, 0.29) is 0 Å². The molecule has 1 aliphatic carbocycles. The lowest BCUT2D eigenvalue weighted by molar-refractivity contribution is 0.136. The summed E-state index contributed by atoms with van der Waals surface area (Å²) in [5.41, 5.74) is 0. The van der Waals surface area contributed by atoms with Crippen LogP contribution in [0.2, 0.25) is 0 Å². The molecule has 2 fully saturated rings. The second kappa shape index (κ2) is 5.47. The number of piperidine rings is 1. The Morgan fingerprint density at radius 2 is 1.89 bits per heavy atom. The van der Waals surface area contributed by atoms with Crippen molar-refractivity contribution >= 4 is 37.3 Å². The fourth-order valence-electron chi connectivity index (χ4n) is 3.35. The number of hydrogen-bond donors (Lipinski definition) is 0.